The lowest BCUT2D eigenvalue weighted by molar-refractivity contribution is -0.111. The van der Waals surface area contributed by atoms with Crippen LogP contribution in [0.2, 0.25) is 0 Å². The summed E-state index contributed by atoms with van der Waals surface area (Å²) in [5, 5.41) is 6.10. The number of nitrogens with one attached hydrogen (secondary N) is 2. The summed E-state index contributed by atoms with van der Waals surface area (Å²) < 4.78 is 1.64. The Morgan fingerprint density at radius 1 is 1.03 bits per heavy atom. The lowest BCUT2D eigenvalue weighted by Crippen LogP contribution is -2.44. The third kappa shape index (κ3) is 4.91. The van der Waals surface area contributed by atoms with Crippen molar-refractivity contribution in [3.63, 3.8) is 0 Å². The highest BCUT2D eigenvalue weighted by Gasteiger charge is 2.15. The first-order valence-electron chi connectivity index (χ1n) is 11.4. The van der Waals surface area contributed by atoms with Gasteiger partial charge in [0.1, 0.15) is 17.5 Å². The molecule has 0 spiro atoms. The predicted octanol–water partition coefficient (Wildman–Crippen LogP) is 2.19. The zero-order valence-electron chi connectivity index (χ0n) is 19.8. The summed E-state index contributed by atoms with van der Waals surface area (Å²) in [5.74, 6) is 0.288. The molecule has 182 valence electrons. The topological polar surface area (TPSA) is 121 Å². The highest BCUT2D eigenvalue weighted by atomic mass is 16.1. The average Bonchev–Trinajstić information content (AvgIpc) is 2.90. The summed E-state index contributed by atoms with van der Waals surface area (Å²) in [6.07, 6.45) is 5.55. The third-order valence-electron chi connectivity index (χ3n) is 5.97. The van der Waals surface area contributed by atoms with E-state index in [-0.39, 0.29) is 11.3 Å². The number of benzene rings is 1. The Labute approximate surface area is 207 Å². The fraction of sp³-hybridized carbons (Fsp3) is 0.200. The van der Waals surface area contributed by atoms with Crippen LogP contribution in [-0.4, -0.2) is 68.5 Å². The van der Waals surface area contributed by atoms with Gasteiger partial charge in [0.2, 0.25) is 11.9 Å². The van der Waals surface area contributed by atoms with Gasteiger partial charge in [-0.2, -0.15) is 9.97 Å². The summed E-state index contributed by atoms with van der Waals surface area (Å²) in [6, 6.07) is 11.5. The largest absolute Gasteiger partial charge is 0.369 e. The molecule has 0 radical (unpaired) electrons. The fourth-order valence-electron chi connectivity index (χ4n) is 3.96. The number of rotatable bonds is 6. The number of anilines is 4. The second-order valence-corrected chi connectivity index (χ2v) is 8.41. The molecule has 4 heterocycles. The van der Waals surface area contributed by atoms with Crippen LogP contribution in [0.15, 0.2) is 72.6 Å². The zero-order valence-corrected chi connectivity index (χ0v) is 19.8. The molecule has 3 aromatic heterocycles. The minimum atomic E-state index is -0.432. The number of carbonyl (C=O) groups is 1. The molecule has 1 saturated heterocycles. The van der Waals surface area contributed by atoms with Crippen molar-refractivity contribution in [1.29, 1.82) is 0 Å². The number of amides is 1. The first kappa shape index (κ1) is 23.1. The highest BCUT2D eigenvalue weighted by Crippen LogP contribution is 2.22. The van der Waals surface area contributed by atoms with Gasteiger partial charge in [0, 0.05) is 56.0 Å². The predicted molar refractivity (Wildman–Crippen MR) is 139 cm³/mol. The van der Waals surface area contributed by atoms with Crippen LogP contribution in [0.3, 0.4) is 0 Å². The van der Waals surface area contributed by atoms with Crippen molar-refractivity contribution < 1.29 is 4.79 Å². The first-order chi connectivity index (χ1) is 17.5. The SMILES string of the molecule is C=CC(=O)Nc1cc(-n2cnc(=O)c3cnc(Nc4ccc(N5CCN(C)CC5)cc4)nc32)ccn1. The van der Waals surface area contributed by atoms with E-state index >= 15 is 0 Å². The number of hydrogen-bond donors (Lipinski definition) is 2. The molecular formula is C25H25N9O2. The molecule has 0 atom stereocenters. The van der Waals surface area contributed by atoms with E-state index in [0.717, 1.165) is 37.9 Å². The monoisotopic (exact) mass is 483 g/mol. The normalized spacial score (nSPS) is 14.0. The van der Waals surface area contributed by atoms with Crippen LogP contribution in [0, 0.1) is 0 Å². The van der Waals surface area contributed by atoms with E-state index in [1.807, 2.05) is 12.1 Å². The van der Waals surface area contributed by atoms with Gasteiger partial charge in [-0.3, -0.25) is 14.2 Å². The maximum Gasteiger partial charge on any atom is 0.283 e. The van der Waals surface area contributed by atoms with Crippen LogP contribution >= 0.6 is 0 Å². The van der Waals surface area contributed by atoms with Crippen LogP contribution in [0.4, 0.5) is 23.1 Å². The van der Waals surface area contributed by atoms with Gasteiger partial charge in [-0.15, -0.1) is 0 Å². The van der Waals surface area contributed by atoms with Crippen molar-refractivity contribution in [1.82, 2.24) is 29.4 Å². The van der Waals surface area contributed by atoms with Crippen molar-refractivity contribution in [2.24, 2.45) is 0 Å². The number of fused-ring (bicyclic) bond motifs is 1. The van der Waals surface area contributed by atoms with Crippen molar-refractivity contribution >= 4 is 40.1 Å². The van der Waals surface area contributed by atoms with E-state index < -0.39 is 5.56 Å². The molecule has 1 aromatic carbocycles. The Morgan fingerprint density at radius 2 is 1.81 bits per heavy atom. The Kier molecular flexibility index (Phi) is 6.37. The molecule has 1 amide bonds. The second-order valence-electron chi connectivity index (χ2n) is 8.41. The molecule has 0 unspecified atom stereocenters. The summed E-state index contributed by atoms with van der Waals surface area (Å²) in [6.45, 7) is 7.52. The molecule has 0 bridgehead atoms. The van der Waals surface area contributed by atoms with E-state index in [2.05, 4.69) is 66.1 Å². The van der Waals surface area contributed by atoms with E-state index in [9.17, 15) is 9.59 Å². The first-order valence-corrected chi connectivity index (χ1v) is 11.4. The fourth-order valence-corrected chi connectivity index (χ4v) is 3.96. The molecule has 0 saturated carbocycles. The van der Waals surface area contributed by atoms with E-state index in [1.54, 1.807) is 22.9 Å². The quantitative estimate of drug-likeness (QED) is 0.398. The third-order valence-corrected chi connectivity index (χ3v) is 5.97. The molecule has 5 rings (SSSR count). The lowest BCUT2D eigenvalue weighted by Gasteiger charge is -2.34. The number of piperazine rings is 1. The minimum Gasteiger partial charge on any atom is -0.369 e. The second kappa shape index (κ2) is 9.92. The molecule has 2 N–H and O–H groups in total. The van der Waals surface area contributed by atoms with Crippen molar-refractivity contribution in [3.8, 4) is 5.69 Å². The van der Waals surface area contributed by atoms with Crippen LogP contribution in [0.25, 0.3) is 16.7 Å². The Bertz CT molecular complexity index is 1480. The molecule has 1 aliphatic rings. The smallest absolute Gasteiger partial charge is 0.283 e. The van der Waals surface area contributed by atoms with Gasteiger partial charge in [-0.05, 0) is 43.5 Å². The van der Waals surface area contributed by atoms with Gasteiger partial charge in [0.05, 0.1) is 5.69 Å². The number of pyridine rings is 1. The Morgan fingerprint density at radius 3 is 2.56 bits per heavy atom. The van der Waals surface area contributed by atoms with Crippen LogP contribution in [-0.2, 0) is 4.79 Å². The molecule has 1 fully saturated rings. The summed E-state index contributed by atoms with van der Waals surface area (Å²) >= 11 is 0. The van der Waals surface area contributed by atoms with E-state index in [0.29, 0.717) is 23.1 Å². The number of hydrogen-bond acceptors (Lipinski definition) is 9. The maximum atomic E-state index is 12.4. The van der Waals surface area contributed by atoms with Gasteiger partial charge in [0.15, 0.2) is 5.65 Å². The molecule has 4 aromatic rings. The molecule has 0 aliphatic carbocycles. The molecule has 11 nitrogen and oxygen atoms in total. The standard InChI is InChI=1S/C25H25N9O2/c1-3-22(35)30-21-14-19(8-9-26-21)34-16-28-24(36)20-15-27-25(31-23(20)34)29-17-4-6-18(7-5-17)33-12-10-32(2)11-13-33/h3-9,14-16H,1,10-13H2,2H3,(H,26,30,35)(H,27,29,31). The van der Waals surface area contributed by atoms with Crippen LogP contribution in [0.5, 0.6) is 0 Å². The van der Waals surface area contributed by atoms with Crippen molar-refractivity contribution in [3.05, 3.63) is 78.1 Å². The molecular weight excluding hydrogens is 458 g/mol. The van der Waals surface area contributed by atoms with Crippen molar-refractivity contribution in [2.75, 3.05) is 48.8 Å². The maximum absolute atomic E-state index is 12.4. The van der Waals surface area contributed by atoms with Gasteiger partial charge in [-0.1, -0.05) is 6.58 Å². The Balaban J connectivity index is 1.43. The highest BCUT2D eigenvalue weighted by molar-refractivity contribution is 5.98. The summed E-state index contributed by atoms with van der Waals surface area (Å²) in [7, 11) is 2.14. The number of likely N-dealkylation sites (N-methyl/N-ethyl adjacent to an activating group) is 1. The van der Waals surface area contributed by atoms with Crippen LogP contribution in [0.1, 0.15) is 0 Å². The summed E-state index contributed by atoms with van der Waals surface area (Å²) in [5.41, 5.74) is 2.55. The van der Waals surface area contributed by atoms with Gasteiger partial charge >= 0.3 is 0 Å². The minimum absolute atomic E-state index is 0.266. The zero-order chi connectivity index (χ0) is 25.1. The number of carbonyl (C=O) groups excluding carboxylic acids is 1. The average molecular weight is 484 g/mol. The number of aromatic nitrogens is 5. The van der Waals surface area contributed by atoms with E-state index in [4.69, 9.17) is 0 Å². The Hall–Kier alpha value is -4.64. The van der Waals surface area contributed by atoms with Crippen molar-refractivity contribution in [2.45, 2.75) is 0 Å². The summed E-state index contributed by atoms with van der Waals surface area (Å²) in [4.78, 5) is 45.7. The number of nitrogens with zero attached hydrogens (tertiary/aromatic N) is 7. The molecule has 1 aliphatic heterocycles. The molecule has 11 heteroatoms. The lowest BCUT2D eigenvalue weighted by atomic mass is 10.2. The molecule has 36 heavy (non-hydrogen) atoms. The van der Waals surface area contributed by atoms with Gasteiger partial charge < -0.3 is 20.4 Å². The van der Waals surface area contributed by atoms with Gasteiger partial charge in [0.25, 0.3) is 5.56 Å². The van der Waals surface area contributed by atoms with Crippen LogP contribution < -0.4 is 21.1 Å². The van der Waals surface area contributed by atoms with E-state index in [1.165, 1.54) is 18.2 Å². The van der Waals surface area contributed by atoms with Gasteiger partial charge in [-0.25, -0.2) is 9.97 Å².